The van der Waals surface area contributed by atoms with Crippen molar-refractivity contribution in [2.75, 3.05) is 0 Å². The monoisotopic (exact) mass is 280 g/mol. The van der Waals surface area contributed by atoms with Crippen molar-refractivity contribution in [1.29, 1.82) is 5.26 Å². The van der Waals surface area contributed by atoms with Crippen molar-refractivity contribution >= 4 is 11.6 Å². The van der Waals surface area contributed by atoms with Crippen LogP contribution in [0.3, 0.4) is 0 Å². The highest BCUT2D eigenvalue weighted by Gasteiger charge is 2.17. The van der Waals surface area contributed by atoms with Crippen LogP contribution >= 0.6 is 0 Å². The Balaban J connectivity index is 2.04. The van der Waals surface area contributed by atoms with Crippen LogP contribution in [0.5, 0.6) is 5.75 Å². The number of aromatic hydroxyl groups is 1. The molecule has 1 aliphatic heterocycles. The minimum Gasteiger partial charge on any atom is -0.507 e. The SMILES string of the molecule is N#C/C(=C\c1ccccc1O)c1nnc2n1CCCCC2. The number of aryl methyl sites for hydroxylation is 1. The lowest BCUT2D eigenvalue weighted by molar-refractivity contribution is 0.474. The second-order valence-electron chi connectivity index (χ2n) is 5.13. The fourth-order valence-electron chi connectivity index (χ4n) is 2.60. The van der Waals surface area contributed by atoms with Crippen LogP contribution in [0.2, 0.25) is 0 Å². The van der Waals surface area contributed by atoms with E-state index in [2.05, 4.69) is 16.3 Å². The Labute approximate surface area is 123 Å². The summed E-state index contributed by atoms with van der Waals surface area (Å²) >= 11 is 0. The van der Waals surface area contributed by atoms with E-state index in [1.807, 2.05) is 10.6 Å². The van der Waals surface area contributed by atoms with Gasteiger partial charge in [-0.25, -0.2) is 0 Å². The average Bonchev–Trinajstić information content (AvgIpc) is 2.75. The summed E-state index contributed by atoms with van der Waals surface area (Å²) in [5, 5.41) is 27.7. The van der Waals surface area contributed by atoms with E-state index < -0.39 is 0 Å². The lowest BCUT2D eigenvalue weighted by atomic mass is 10.1. The number of hydrogen-bond donors (Lipinski definition) is 1. The maximum atomic E-state index is 9.84. The highest BCUT2D eigenvalue weighted by atomic mass is 16.3. The number of nitrogens with zero attached hydrogens (tertiary/aromatic N) is 4. The molecular formula is C16H16N4O. The number of hydrogen-bond acceptors (Lipinski definition) is 4. The standard InChI is InChI=1S/C16H16N4O/c17-11-13(10-12-6-3-4-7-14(12)21)16-19-18-15-8-2-1-5-9-20(15)16/h3-4,6-7,10,21H,1-2,5,8-9H2/b13-10+. The third-order valence-electron chi connectivity index (χ3n) is 3.71. The van der Waals surface area contributed by atoms with Crippen LogP contribution in [0.25, 0.3) is 11.6 Å². The van der Waals surface area contributed by atoms with Crippen LogP contribution < -0.4 is 0 Å². The number of allylic oxidation sites excluding steroid dienone is 1. The fraction of sp³-hybridized carbons (Fsp3) is 0.312. The number of rotatable bonds is 2. The Kier molecular flexibility index (Phi) is 3.69. The first-order valence-electron chi connectivity index (χ1n) is 7.12. The summed E-state index contributed by atoms with van der Waals surface area (Å²) in [7, 11) is 0. The van der Waals surface area contributed by atoms with E-state index in [9.17, 15) is 10.4 Å². The zero-order valence-corrected chi connectivity index (χ0v) is 11.7. The lowest BCUT2D eigenvalue weighted by Gasteiger charge is -2.06. The Morgan fingerprint density at radius 1 is 1.24 bits per heavy atom. The highest BCUT2D eigenvalue weighted by molar-refractivity contribution is 5.88. The Morgan fingerprint density at radius 2 is 2.10 bits per heavy atom. The molecule has 0 saturated carbocycles. The van der Waals surface area contributed by atoms with E-state index in [4.69, 9.17) is 0 Å². The molecule has 0 amide bonds. The third kappa shape index (κ3) is 2.65. The Bertz CT molecular complexity index is 724. The molecule has 0 radical (unpaired) electrons. The number of phenols is 1. The normalized spacial score (nSPS) is 15.1. The van der Waals surface area contributed by atoms with Crippen LogP contribution in [0.1, 0.15) is 36.5 Å². The molecule has 3 rings (SSSR count). The summed E-state index contributed by atoms with van der Waals surface area (Å²) in [4.78, 5) is 0. The Hall–Kier alpha value is -2.61. The second kappa shape index (κ2) is 5.80. The van der Waals surface area contributed by atoms with E-state index >= 15 is 0 Å². The molecular weight excluding hydrogens is 264 g/mol. The van der Waals surface area contributed by atoms with Gasteiger partial charge >= 0.3 is 0 Å². The van der Waals surface area contributed by atoms with Gasteiger partial charge in [0.15, 0.2) is 5.82 Å². The van der Waals surface area contributed by atoms with Gasteiger partial charge in [0.25, 0.3) is 0 Å². The molecule has 5 nitrogen and oxygen atoms in total. The van der Waals surface area contributed by atoms with Gasteiger partial charge in [-0.05, 0) is 25.0 Å². The number of phenolic OH excluding ortho intramolecular Hbond substituents is 1. The van der Waals surface area contributed by atoms with Gasteiger partial charge in [-0.1, -0.05) is 24.6 Å². The van der Waals surface area contributed by atoms with E-state index in [1.165, 1.54) is 6.42 Å². The average molecular weight is 280 g/mol. The minimum atomic E-state index is 0.154. The number of nitriles is 1. The van der Waals surface area contributed by atoms with Gasteiger partial charge in [0, 0.05) is 18.5 Å². The number of benzene rings is 1. The van der Waals surface area contributed by atoms with Crippen LogP contribution in [-0.2, 0) is 13.0 Å². The van der Waals surface area contributed by atoms with Crippen molar-refractivity contribution < 1.29 is 5.11 Å². The second-order valence-corrected chi connectivity index (χ2v) is 5.13. The summed E-state index contributed by atoms with van der Waals surface area (Å²) in [6.45, 7) is 0.845. The molecule has 0 atom stereocenters. The molecule has 0 unspecified atom stereocenters. The molecule has 0 bridgehead atoms. The molecule has 1 aromatic carbocycles. The molecule has 0 saturated heterocycles. The number of fused-ring (bicyclic) bond motifs is 1. The van der Waals surface area contributed by atoms with E-state index in [0.29, 0.717) is 17.0 Å². The van der Waals surface area contributed by atoms with Crippen molar-refractivity contribution in [2.24, 2.45) is 0 Å². The maximum Gasteiger partial charge on any atom is 0.174 e. The smallest absolute Gasteiger partial charge is 0.174 e. The lowest BCUT2D eigenvalue weighted by Crippen LogP contribution is -2.05. The van der Waals surface area contributed by atoms with Crippen LogP contribution in [0.4, 0.5) is 0 Å². The van der Waals surface area contributed by atoms with Crippen molar-refractivity contribution in [3.8, 4) is 11.8 Å². The molecule has 106 valence electrons. The van der Waals surface area contributed by atoms with Gasteiger partial charge in [-0.2, -0.15) is 5.26 Å². The first-order chi connectivity index (χ1) is 10.3. The summed E-state index contributed by atoms with van der Waals surface area (Å²) in [5.41, 5.74) is 1.04. The number of aromatic nitrogens is 3. The summed E-state index contributed by atoms with van der Waals surface area (Å²) in [5.74, 6) is 1.69. The zero-order chi connectivity index (χ0) is 14.7. The molecule has 0 aliphatic carbocycles. The van der Waals surface area contributed by atoms with Crippen molar-refractivity contribution in [3.05, 3.63) is 41.5 Å². The molecule has 21 heavy (non-hydrogen) atoms. The van der Waals surface area contributed by atoms with Crippen LogP contribution in [0, 0.1) is 11.3 Å². The summed E-state index contributed by atoms with van der Waals surface area (Å²) < 4.78 is 2.03. The van der Waals surface area contributed by atoms with Crippen molar-refractivity contribution in [3.63, 3.8) is 0 Å². The zero-order valence-electron chi connectivity index (χ0n) is 11.7. The molecule has 1 aliphatic rings. The first kappa shape index (κ1) is 13.4. The van der Waals surface area contributed by atoms with Gasteiger partial charge in [0.05, 0.1) is 5.57 Å². The van der Waals surface area contributed by atoms with Gasteiger partial charge in [0.1, 0.15) is 17.6 Å². The topological polar surface area (TPSA) is 74.7 Å². The summed E-state index contributed by atoms with van der Waals surface area (Å²) in [6.07, 6.45) is 5.93. The number of para-hydroxylation sites is 1. The van der Waals surface area contributed by atoms with Crippen molar-refractivity contribution in [1.82, 2.24) is 14.8 Å². The summed E-state index contributed by atoms with van der Waals surface area (Å²) in [6, 6.07) is 9.13. The van der Waals surface area contributed by atoms with Gasteiger partial charge < -0.3 is 9.67 Å². The molecule has 1 N–H and O–H groups in total. The molecule has 2 heterocycles. The minimum absolute atomic E-state index is 0.154. The quantitative estimate of drug-likeness (QED) is 0.858. The molecule has 5 heteroatoms. The van der Waals surface area contributed by atoms with E-state index in [1.54, 1.807) is 24.3 Å². The molecule has 2 aromatic rings. The third-order valence-corrected chi connectivity index (χ3v) is 3.71. The van der Waals surface area contributed by atoms with E-state index in [0.717, 1.165) is 31.6 Å². The van der Waals surface area contributed by atoms with Gasteiger partial charge in [0.2, 0.25) is 0 Å². The predicted molar refractivity (Wildman–Crippen MR) is 79.2 cm³/mol. The van der Waals surface area contributed by atoms with Crippen LogP contribution in [0.15, 0.2) is 24.3 Å². The first-order valence-corrected chi connectivity index (χ1v) is 7.12. The maximum absolute atomic E-state index is 9.84. The van der Waals surface area contributed by atoms with Crippen molar-refractivity contribution in [2.45, 2.75) is 32.2 Å². The van der Waals surface area contributed by atoms with Crippen LogP contribution in [-0.4, -0.2) is 19.9 Å². The molecule has 0 spiro atoms. The Morgan fingerprint density at radius 3 is 2.90 bits per heavy atom. The molecule has 0 fully saturated rings. The van der Waals surface area contributed by atoms with Gasteiger partial charge in [-0.3, -0.25) is 0 Å². The van der Waals surface area contributed by atoms with E-state index in [-0.39, 0.29) is 5.75 Å². The molecule has 1 aromatic heterocycles. The fourth-order valence-corrected chi connectivity index (χ4v) is 2.60. The predicted octanol–water partition coefficient (Wildman–Crippen LogP) is 2.77. The highest BCUT2D eigenvalue weighted by Crippen LogP contribution is 2.24. The largest absolute Gasteiger partial charge is 0.507 e. The van der Waals surface area contributed by atoms with Gasteiger partial charge in [-0.15, -0.1) is 10.2 Å².